The van der Waals surface area contributed by atoms with Crippen molar-refractivity contribution in [2.24, 2.45) is 5.92 Å². The zero-order chi connectivity index (χ0) is 16.9. The van der Waals surface area contributed by atoms with Gasteiger partial charge in [-0.1, -0.05) is 25.1 Å². The second-order valence-electron chi connectivity index (χ2n) is 6.63. The SMILES string of the molecule is CCC(=O)N1CCC(C(=O)N2CC[C@H](Oc3ccccc3)C2)CC1. The van der Waals surface area contributed by atoms with Gasteiger partial charge < -0.3 is 14.5 Å². The highest BCUT2D eigenvalue weighted by Gasteiger charge is 2.34. The van der Waals surface area contributed by atoms with Gasteiger partial charge in [-0.2, -0.15) is 0 Å². The highest BCUT2D eigenvalue weighted by atomic mass is 16.5. The number of amides is 2. The summed E-state index contributed by atoms with van der Waals surface area (Å²) in [7, 11) is 0. The van der Waals surface area contributed by atoms with Crippen LogP contribution in [0.2, 0.25) is 0 Å². The van der Waals surface area contributed by atoms with Crippen LogP contribution in [0.25, 0.3) is 0 Å². The summed E-state index contributed by atoms with van der Waals surface area (Å²) >= 11 is 0. The standard InChI is InChI=1S/C19H26N2O3/c1-2-18(22)20-11-8-15(9-12-20)19(23)21-13-10-17(14-21)24-16-6-4-3-5-7-16/h3-7,15,17H,2,8-14H2,1H3/t17-/m0/s1. The van der Waals surface area contributed by atoms with E-state index in [9.17, 15) is 9.59 Å². The molecule has 0 saturated carbocycles. The summed E-state index contributed by atoms with van der Waals surface area (Å²) in [4.78, 5) is 28.3. The molecule has 5 heteroatoms. The van der Waals surface area contributed by atoms with E-state index in [1.165, 1.54) is 0 Å². The lowest BCUT2D eigenvalue weighted by Gasteiger charge is -2.33. The predicted octanol–water partition coefficient (Wildman–Crippen LogP) is 2.31. The lowest BCUT2D eigenvalue weighted by molar-refractivity contribution is -0.140. The molecule has 0 aromatic heterocycles. The average Bonchev–Trinajstić information content (AvgIpc) is 3.10. The first-order valence-corrected chi connectivity index (χ1v) is 8.95. The Kier molecular flexibility index (Phi) is 5.38. The summed E-state index contributed by atoms with van der Waals surface area (Å²) in [5.41, 5.74) is 0. The number of carbonyl (C=O) groups is 2. The predicted molar refractivity (Wildman–Crippen MR) is 91.7 cm³/mol. The van der Waals surface area contributed by atoms with Crippen molar-refractivity contribution < 1.29 is 14.3 Å². The number of hydrogen-bond donors (Lipinski definition) is 0. The first-order valence-electron chi connectivity index (χ1n) is 8.95. The zero-order valence-electron chi connectivity index (χ0n) is 14.3. The molecule has 1 aromatic carbocycles. The van der Waals surface area contributed by atoms with Crippen molar-refractivity contribution >= 4 is 11.8 Å². The van der Waals surface area contributed by atoms with Gasteiger partial charge in [0.05, 0.1) is 6.54 Å². The minimum atomic E-state index is 0.0568. The summed E-state index contributed by atoms with van der Waals surface area (Å²) in [6.45, 7) is 4.74. The summed E-state index contributed by atoms with van der Waals surface area (Å²) in [6, 6.07) is 9.78. The molecule has 130 valence electrons. The number of benzene rings is 1. The van der Waals surface area contributed by atoms with Crippen LogP contribution in [0.4, 0.5) is 0 Å². The fourth-order valence-corrected chi connectivity index (χ4v) is 3.57. The van der Waals surface area contributed by atoms with Crippen LogP contribution in [0, 0.1) is 5.92 Å². The van der Waals surface area contributed by atoms with Crippen molar-refractivity contribution in [3.8, 4) is 5.75 Å². The molecule has 0 bridgehead atoms. The van der Waals surface area contributed by atoms with Gasteiger partial charge in [0.2, 0.25) is 11.8 Å². The van der Waals surface area contributed by atoms with E-state index in [1.807, 2.05) is 47.1 Å². The fraction of sp³-hybridized carbons (Fsp3) is 0.579. The summed E-state index contributed by atoms with van der Waals surface area (Å²) in [5.74, 6) is 1.35. The van der Waals surface area contributed by atoms with Gasteiger partial charge in [0.1, 0.15) is 11.9 Å². The molecule has 2 aliphatic heterocycles. The van der Waals surface area contributed by atoms with Crippen LogP contribution >= 0.6 is 0 Å². The number of likely N-dealkylation sites (tertiary alicyclic amines) is 2. The molecule has 0 spiro atoms. The third-order valence-corrected chi connectivity index (χ3v) is 5.00. The molecule has 2 aliphatic rings. The quantitative estimate of drug-likeness (QED) is 0.851. The van der Waals surface area contributed by atoms with Crippen molar-refractivity contribution in [2.45, 2.75) is 38.7 Å². The van der Waals surface area contributed by atoms with E-state index in [-0.39, 0.29) is 23.8 Å². The smallest absolute Gasteiger partial charge is 0.225 e. The molecule has 5 nitrogen and oxygen atoms in total. The Balaban J connectivity index is 1.48. The molecule has 0 radical (unpaired) electrons. The lowest BCUT2D eigenvalue weighted by Crippen LogP contribution is -2.44. The first kappa shape index (κ1) is 16.8. The first-order chi connectivity index (χ1) is 11.7. The molecule has 2 heterocycles. The second kappa shape index (κ2) is 7.69. The number of piperidine rings is 1. The third kappa shape index (κ3) is 3.89. The number of carbonyl (C=O) groups excluding carboxylic acids is 2. The maximum Gasteiger partial charge on any atom is 0.225 e. The topological polar surface area (TPSA) is 49.9 Å². The molecule has 2 amide bonds. The molecule has 1 atom stereocenters. The Labute approximate surface area is 143 Å². The van der Waals surface area contributed by atoms with E-state index in [0.717, 1.165) is 31.6 Å². The Morgan fingerprint density at radius 3 is 2.38 bits per heavy atom. The molecule has 0 aliphatic carbocycles. The Bertz CT molecular complexity index is 567. The van der Waals surface area contributed by atoms with Gasteiger partial charge in [-0.25, -0.2) is 0 Å². The van der Waals surface area contributed by atoms with Crippen molar-refractivity contribution in [1.29, 1.82) is 0 Å². The molecule has 0 N–H and O–H groups in total. The normalized spacial score (nSPS) is 21.8. The van der Waals surface area contributed by atoms with E-state index in [0.29, 0.717) is 26.1 Å². The number of ether oxygens (including phenoxy) is 1. The van der Waals surface area contributed by atoms with E-state index >= 15 is 0 Å². The van der Waals surface area contributed by atoms with Gasteiger partial charge in [0.25, 0.3) is 0 Å². The van der Waals surface area contributed by atoms with E-state index in [1.54, 1.807) is 0 Å². The van der Waals surface area contributed by atoms with Crippen molar-refractivity contribution in [1.82, 2.24) is 9.80 Å². The highest BCUT2D eigenvalue weighted by Crippen LogP contribution is 2.24. The third-order valence-electron chi connectivity index (χ3n) is 5.00. The van der Waals surface area contributed by atoms with Gasteiger partial charge in [0.15, 0.2) is 0 Å². The maximum atomic E-state index is 12.7. The van der Waals surface area contributed by atoms with Crippen LogP contribution in [0.5, 0.6) is 5.75 Å². The van der Waals surface area contributed by atoms with Crippen molar-refractivity contribution in [3.63, 3.8) is 0 Å². The van der Waals surface area contributed by atoms with Crippen LogP contribution in [-0.4, -0.2) is 53.9 Å². The molecule has 24 heavy (non-hydrogen) atoms. The minimum absolute atomic E-state index is 0.0568. The van der Waals surface area contributed by atoms with Gasteiger partial charge in [-0.3, -0.25) is 9.59 Å². The molecule has 2 saturated heterocycles. The van der Waals surface area contributed by atoms with Gasteiger partial charge in [-0.15, -0.1) is 0 Å². The summed E-state index contributed by atoms with van der Waals surface area (Å²) in [5, 5.41) is 0. The van der Waals surface area contributed by atoms with E-state index in [4.69, 9.17) is 4.74 Å². The second-order valence-corrected chi connectivity index (χ2v) is 6.63. The van der Waals surface area contributed by atoms with Crippen LogP contribution in [0.1, 0.15) is 32.6 Å². The number of hydrogen-bond acceptors (Lipinski definition) is 3. The van der Waals surface area contributed by atoms with Crippen LogP contribution in [0.3, 0.4) is 0 Å². The number of nitrogens with zero attached hydrogens (tertiary/aromatic N) is 2. The minimum Gasteiger partial charge on any atom is -0.489 e. The monoisotopic (exact) mass is 330 g/mol. The molecular formula is C19H26N2O3. The fourth-order valence-electron chi connectivity index (χ4n) is 3.57. The number of para-hydroxylation sites is 1. The molecule has 0 unspecified atom stereocenters. The van der Waals surface area contributed by atoms with Crippen molar-refractivity contribution in [3.05, 3.63) is 30.3 Å². The average molecular weight is 330 g/mol. The summed E-state index contributed by atoms with van der Waals surface area (Å²) in [6.07, 6.45) is 3.08. The zero-order valence-corrected chi connectivity index (χ0v) is 14.3. The van der Waals surface area contributed by atoms with Gasteiger partial charge in [-0.05, 0) is 25.0 Å². The summed E-state index contributed by atoms with van der Waals surface area (Å²) < 4.78 is 5.96. The number of rotatable bonds is 4. The van der Waals surface area contributed by atoms with Crippen molar-refractivity contribution in [2.75, 3.05) is 26.2 Å². The highest BCUT2D eigenvalue weighted by molar-refractivity contribution is 5.80. The van der Waals surface area contributed by atoms with Crippen LogP contribution in [-0.2, 0) is 9.59 Å². The molecule has 2 fully saturated rings. The Hall–Kier alpha value is -2.04. The van der Waals surface area contributed by atoms with E-state index in [2.05, 4.69) is 0 Å². The van der Waals surface area contributed by atoms with Crippen LogP contribution in [0.15, 0.2) is 30.3 Å². The largest absolute Gasteiger partial charge is 0.489 e. The van der Waals surface area contributed by atoms with Gasteiger partial charge in [0, 0.05) is 38.4 Å². The molecule has 1 aromatic rings. The Morgan fingerprint density at radius 2 is 1.71 bits per heavy atom. The maximum absolute atomic E-state index is 12.7. The molecule has 3 rings (SSSR count). The Morgan fingerprint density at radius 1 is 1.04 bits per heavy atom. The lowest BCUT2D eigenvalue weighted by atomic mass is 9.95. The van der Waals surface area contributed by atoms with E-state index < -0.39 is 0 Å². The van der Waals surface area contributed by atoms with Gasteiger partial charge >= 0.3 is 0 Å². The van der Waals surface area contributed by atoms with Crippen LogP contribution < -0.4 is 4.74 Å². The molecular weight excluding hydrogens is 304 g/mol.